The van der Waals surface area contributed by atoms with E-state index < -0.39 is 0 Å². The summed E-state index contributed by atoms with van der Waals surface area (Å²) >= 11 is 5.77. The van der Waals surface area contributed by atoms with Crippen molar-refractivity contribution in [3.05, 3.63) is 137 Å². The number of rotatable bonds is 15. The minimum Gasteiger partial charge on any atom is -0.494 e. The van der Waals surface area contributed by atoms with Gasteiger partial charge in [0, 0.05) is 17.0 Å². The SMILES string of the molecule is C.CC(C1CC1)C1CC1.CC1CCC(C)CC1.CC1CCC(C)CC1.CCC1(c2ccccc2)CC1.CCC1(c2ccccc2)CCCC1.CCCC1CC1.CCCCCOc1ccc(F)cc1.CCc1nc(-c2ccc(Cl)cc2)no1. The molecule has 7 aliphatic rings. The molecular weight excluding hydrogens is 1030 g/mol. The summed E-state index contributed by atoms with van der Waals surface area (Å²) in [5, 5.41) is 4.56. The molecule has 0 spiro atoms. The lowest BCUT2D eigenvalue weighted by atomic mass is 9.77. The molecule has 82 heavy (non-hydrogen) atoms. The zero-order valence-electron chi connectivity index (χ0n) is 53.0. The second-order valence-corrected chi connectivity index (χ2v) is 26.5. The van der Waals surface area contributed by atoms with Gasteiger partial charge in [-0.15, -0.1) is 0 Å². The summed E-state index contributed by atoms with van der Waals surface area (Å²) in [7, 11) is 0. The van der Waals surface area contributed by atoms with Crippen molar-refractivity contribution in [2.24, 2.45) is 47.3 Å². The van der Waals surface area contributed by atoms with Gasteiger partial charge in [0.1, 0.15) is 11.6 Å². The summed E-state index contributed by atoms with van der Waals surface area (Å²) in [6.07, 6.45) is 39.1. The quantitative estimate of drug-likeness (QED) is 0.0980. The van der Waals surface area contributed by atoms with E-state index in [2.05, 4.69) is 133 Å². The number of hydrogen-bond donors (Lipinski definition) is 0. The molecule has 5 aromatic rings. The van der Waals surface area contributed by atoms with E-state index in [0.717, 1.165) is 78.1 Å². The molecule has 6 heteroatoms. The minimum atomic E-state index is -0.221. The predicted octanol–water partition coefficient (Wildman–Crippen LogP) is 24.3. The molecule has 7 aliphatic carbocycles. The highest BCUT2D eigenvalue weighted by molar-refractivity contribution is 6.30. The van der Waals surface area contributed by atoms with E-state index in [4.69, 9.17) is 20.9 Å². The van der Waals surface area contributed by atoms with E-state index in [0.29, 0.717) is 27.6 Å². The first-order valence-electron chi connectivity index (χ1n) is 33.3. The minimum absolute atomic E-state index is 0. The number of hydrogen-bond acceptors (Lipinski definition) is 4. The molecule has 4 aromatic carbocycles. The number of unbranched alkanes of at least 4 members (excludes halogenated alkanes) is 2. The van der Waals surface area contributed by atoms with Gasteiger partial charge in [-0.1, -0.05) is 257 Å². The van der Waals surface area contributed by atoms with Gasteiger partial charge in [-0.2, -0.15) is 4.98 Å². The Hall–Kier alpha value is -3.96. The van der Waals surface area contributed by atoms with E-state index in [1.807, 2.05) is 19.1 Å². The van der Waals surface area contributed by atoms with Gasteiger partial charge in [-0.25, -0.2) is 4.39 Å². The van der Waals surface area contributed by atoms with E-state index >= 15 is 0 Å². The van der Waals surface area contributed by atoms with Gasteiger partial charge in [0.15, 0.2) is 0 Å². The van der Waals surface area contributed by atoms with Crippen molar-refractivity contribution in [3.8, 4) is 17.1 Å². The normalized spacial score (nSPS) is 21.4. The van der Waals surface area contributed by atoms with Crippen molar-refractivity contribution in [2.45, 2.75) is 267 Å². The van der Waals surface area contributed by atoms with Gasteiger partial charge in [-0.05, 0) is 188 Å². The van der Waals surface area contributed by atoms with E-state index in [1.165, 1.54) is 179 Å². The average Bonchev–Trinajstić information content (AvgIpc) is 4.32. The van der Waals surface area contributed by atoms with Gasteiger partial charge in [-0.3, -0.25) is 0 Å². The maximum atomic E-state index is 12.5. The fourth-order valence-electron chi connectivity index (χ4n) is 12.0. The Kier molecular flexibility index (Phi) is 33.4. The van der Waals surface area contributed by atoms with Crippen LogP contribution in [-0.2, 0) is 17.3 Å². The lowest BCUT2D eigenvalue weighted by Gasteiger charge is -2.27. The average molecular weight is 1150 g/mol. The Labute approximate surface area is 508 Å². The third kappa shape index (κ3) is 27.4. The zero-order chi connectivity index (χ0) is 58.3. The van der Waals surface area contributed by atoms with Crippen LogP contribution in [0.2, 0.25) is 5.02 Å². The smallest absolute Gasteiger partial charge is 0.226 e. The molecule has 0 saturated heterocycles. The molecule has 7 fully saturated rings. The molecule has 0 bridgehead atoms. The second kappa shape index (κ2) is 38.9. The Morgan fingerprint density at radius 1 is 0.561 bits per heavy atom. The van der Waals surface area contributed by atoms with Crippen LogP contribution in [0.4, 0.5) is 4.39 Å². The fraction of sp³-hybridized carbons (Fsp3) is 0.658. The third-order valence-electron chi connectivity index (χ3n) is 19.0. The Bertz CT molecular complexity index is 2260. The maximum absolute atomic E-state index is 12.5. The first kappa shape index (κ1) is 70.5. The van der Waals surface area contributed by atoms with Crippen molar-refractivity contribution in [1.82, 2.24) is 10.1 Å². The topological polar surface area (TPSA) is 48.2 Å². The molecular formula is C76H118ClFN2O2. The summed E-state index contributed by atoms with van der Waals surface area (Å²) < 4.78 is 22.9. The molecule has 1 aromatic heterocycles. The molecule has 458 valence electrons. The standard InChI is InChI=1S/C13H18.C11H15FO.C11H14.C10H9ClN2O.C8H14.2C8H16.C6H12.CH4/c1-2-13(10-6-7-11-13)12-8-4-3-5-9-12;1-2-3-4-9-13-11-7-5-10(12)6-8-11;1-2-11(8-9-11)10-6-4-3-5-7-10;1-2-9-12-10(13-14-9)7-3-5-8(11)6-4-7;1-6(7-2-3-7)8-4-5-8;2*1-7-3-5-8(2)6-4-7;1-2-3-6-4-5-6;/h3-5,8-9H,2,6-7,10-11H2,1H3;5-8H,2-4,9H2,1H3;3-7H,2,8-9H2,1H3;3-6H,2H2,1H3;6-8H,2-5H2,1H3;2*7-8H,3-6H2,1-2H3;6H,2-5H2,1H3;1H4. The lowest BCUT2D eigenvalue weighted by Crippen LogP contribution is -2.20. The number of aryl methyl sites for hydroxylation is 1. The predicted molar refractivity (Wildman–Crippen MR) is 353 cm³/mol. The number of benzene rings is 4. The number of aromatic nitrogens is 2. The summed E-state index contributed by atoms with van der Waals surface area (Å²) in [6, 6.07) is 35.4. The monoisotopic (exact) mass is 1140 g/mol. The highest BCUT2D eigenvalue weighted by Crippen LogP contribution is 2.51. The zero-order valence-corrected chi connectivity index (χ0v) is 53.7. The number of ether oxygens (including phenoxy) is 1. The summed E-state index contributed by atoms with van der Waals surface area (Å²) in [5.74, 6) is 10.4. The maximum Gasteiger partial charge on any atom is 0.226 e. The van der Waals surface area contributed by atoms with Crippen molar-refractivity contribution in [3.63, 3.8) is 0 Å². The van der Waals surface area contributed by atoms with Gasteiger partial charge in [0.05, 0.1) is 6.61 Å². The fourth-order valence-corrected chi connectivity index (χ4v) is 12.1. The molecule has 1 heterocycles. The molecule has 7 saturated carbocycles. The second-order valence-electron chi connectivity index (χ2n) is 26.1. The molecule has 0 radical (unpaired) electrons. The van der Waals surface area contributed by atoms with E-state index in [1.54, 1.807) is 35.4 Å². The van der Waals surface area contributed by atoms with Gasteiger partial charge in [0.2, 0.25) is 11.7 Å². The van der Waals surface area contributed by atoms with Crippen molar-refractivity contribution in [1.29, 1.82) is 0 Å². The van der Waals surface area contributed by atoms with Crippen LogP contribution in [0.1, 0.15) is 267 Å². The van der Waals surface area contributed by atoms with Gasteiger partial charge < -0.3 is 9.26 Å². The molecule has 0 unspecified atom stereocenters. The van der Waals surface area contributed by atoms with Crippen LogP contribution in [0.25, 0.3) is 11.4 Å². The van der Waals surface area contributed by atoms with Crippen LogP contribution in [-0.4, -0.2) is 16.7 Å². The molecule has 0 aliphatic heterocycles. The van der Waals surface area contributed by atoms with E-state index in [-0.39, 0.29) is 13.2 Å². The first-order chi connectivity index (χ1) is 39.2. The van der Waals surface area contributed by atoms with Crippen molar-refractivity contribution < 1.29 is 13.7 Å². The highest BCUT2D eigenvalue weighted by atomic mass is 35.5. The van der Waals surface area contributed by atoms with Crippen LogP contribution >= 0.6 is 11.6 Å². The molecule has 4 nitrogen and oxygen atoms in total. The van der Waals surface area contributed by atoms with Crippen molar-refractivity contribution in [2.75, 3.05) is 6.61 Å². The molecule has 0 N–H and O–H groups in total. The third-order valence-corrected chi connectivity index (χ3v) is 19.2. The van der Waals surface area contributed by atoms with Crippen LogP contribution in [0.5, 0.6) is 5.75 Å². The summed E-state index contributed by atoms with van der Waals surface area (Å²) in [5.41, 5.74) is 5.14. The molecule has 0 atom stereocenters. The lowest BCUT2D eigenvalue weighted by molar-refractivity contribution is 0.306. The van der Waals surface area contributed by atoms with Gasteiger partial charge in [0.25, 0.3) is 0 Å². The number of halogens is 2. The molecule has 12 rings (SSSR count). The summed E-state index contributed by atoms with van der Waals surface area (Å²) in [4.78, 5) is 4.21. The van der Waals surface area contributed by atoms with Crippen LogP contribution in [0, 0.1) is 53.2 Å². The van der Waals surface area contributed by atoms with Crippen LogP contribution in [0.15, 0.2) is 114 Å². The Morgan fingerprint density at radius 2 is 1.01 bits per heavy atom. The Morgan fingerprint density at radius 3 is 1.37 bits per heavy atom. The van der Waals surface area contributed by atoms with Crippen LogP contribution in [0.3, 0.4) is 0 Å². The molecule has 0 amide bonds. The van der Waals surface area contributed by atoms with Crippen LogP contribution < -0.4 is 4.74 Å². The number of nitrogens with zero attached hydrogens (tertiary/aromatic N) is 2. The van der Waals surface area contributed by atoms with Gasteiger partial charge >= 0.3 is 0 Å². The Balaban J connectivity index is 0.000000204. The summed E-state index contributed by atoms with van der Waals surface area (Å²) in [6.45, 7) is 23.6. The van der Waals surface area contributed by atoms with E-state index in [9.17, 15) is 4.39 Å². The first-order valence-corrected chi connectivity index (χ1v) is 33.7. The largest absolute Gasteiger partial charge is 0.494 e. The van der Waals surface area contributed by atoms with Crippen molar-refractivity contribution >= 4 is 11.6 Å². The highest BCUT2D eigenvalue weighted by Gasteiger charge is 2.42.